The second kappa shape index (κ2) is 7.44. The summed E-state index contributed by atoms with van der Waals surface area (Å²) >= 11 is 0. The predicted octanol–water partition coefficient (Wildman–Crippen LogP) is 1.03. The quantitative estimate of drug-likeness (QED) is 0.756. The van der Waals surface area contributed by atoms with Crippen molar-refractivity contribution in [2.75, 3.05) is 32.7 Å². The molecule has 27 heavy (non-hydrogen) atoms. The maximum atomic E-state index is 12.4. The average Bonchev–Trinajstić information content (AvgIpc) is 3.01. The topological polar surface area (TPSA) is 73.8 Å². The molecular weight excluding hydrogens is 344 g/mol. The Morgan fingerprint density at radius 1 is 0.963 bits per heavy atom. The minimum atomic E-state index is -0.240. The molecule has 0 spiro atoms. The fraction of sp³-hybridized carbons (Fsp3) is 0.400. The van der Waals surface area contributed by atoms with Crippen LogP contribution in [0, 0.1) is 0 Å². The van der Waals surface area contributed by atoms with E-state index in [1.807, 2.05) is 18.3 Å². The molecule has 0 unspecified atom stereocenters. The molecule has 2 saturated heterocycles. The number of carbonyl (C=O) groups is 3. The summed E-state index contributed by atoms with van der Waals surface area (Å²) in [6.07, 6.45) is 2.25. The van der Waals surface area contributed by atoms with Crippen molar-refractivity contribution in [3.8, 4) is 0 Å². The molecule has 0 N–H and O–H groups in total. The Labute approximate surface area is 157 Å². The van der Waals surface area contributed by atoms with Crippen molar-refractivity contribution < 1.29 is 14.4 Å². The molecule has 2 fully saturated rings. The fourth-order valence-corrected chi connectivity index (χ4v) is 3.73. The zero-order valence-corrected chi connectivity index (χ0v) is 15.1. The first-order valence-corrected chi connectivity index (χ1v) is 9.28. The summed E-state index contributed by atoms with van der Waals surface area (Å²) in [7, 11) is 0. The van der Waals surface area contributed by atoms with Gasteiger partial charge in [-0.25, -0.2) is 0 Å². The van der Waals surface area contributed by atoms with Crippen LogP contribution in [0.5, 0.6) is 0 Å². The normalized spacial score (nSPS) is 18.5. The average molecular weight is 366 g/mol. The number of hydrogen-bond donors (Lipinski definition) is 0. The molecule has 0 bridgehead atoms. The molecule has 2 aliphatic rings. The second-order valence-electron chi connectivity index (χ2n) is 7.02. The Bertz CT molecular complexity index is 868. The molecule has 1 aromatic carbocycles. The number of benzene rings is 1. The van der Waals surface area contributed by atoms with Crippen LogP contribution >= 0.6 is 0 Å². The van der Waals surface area contributed by atoms with Gasteiger partial charge in [-0.3, -0.25) is 29.2 Å². The zero-order chi connectivity index (χ0) is 18.8. The van der Waals surface area contributed by atoms with Crippen LogP contribution in [-0.2, 0) is 20.9 Å². The number of para-hydroxylation sites is 1. The van der Waals surface area contributed by atoms with E-state index in [0.29, 0.717) is 13.1 Å². The van der Waals surface area contributed by atoms with Crippen molar-refractivity contribution in [2.45, 2.75) is 19.4 Å². The molecule has 4 rings (SSSR count). The monoisotopic (exact) mass is 366 g/mol. The van der Waals surface area contributed by atoms with Crippen molar-refractivity contribution in [1.29, 1.82) is 0 Å². The van der Waals surface area contributed by atoms with E-state index < -0.39 is 0 Å². The molecule has 7 nitrogen and oxygen atoms in total. The number of carbonyl (C=O) groups excluding carboxylic acids is 3. The maximum absolute atomic E-state index is 12.4. The maximum Gasteiger partial charge on any atom is 0.242 e. The summed E-state index contributed by atoms with van der Waals surface area (Å²) in [5.41, 5.74) is 2.20. The molecule has 1 aromatic heterocycles. The summed E-state index contributed by atoms with van der Waals surface area (Å²) < 4.78 is 0. The summed E-state index contributed by atoms with van der Waals surface area (Å²) in [6, 6.07) is 10.2. The molecule has 3 heterocycles. The van der Waals surface area contributed by atoms with E-state index in [0.717, 1.165) is 35.4 Å². The number of fused-ring (bicyclic) bond motifs is 1. The van der Waals surface area contributed by atoms with Gasteiger partial charge >= 0.3 is 0 Å². The van der Waals surface area contributed by atoms with Crippen molar-refractivity contribution in [3.63, 3.8) is 0 Å². The number of pyridine rings is 1. The minimum absolute atomic E-state index is 0.120. The van der Waals surface area contributed by atoms with E-state index >= 15 is 0 Å². The lowest BCUT2D eigenvalue weighted by Crippen LogP contribution is -2.51. The summed E-state index contributed by atoms with van der Waals surface area (Å²) in [5, 5.41) is 1.13. The van der Waals surface area contributed by atoms with Gasteiger partial charge in [-0.05, 0) is 11.6 Å². The van der Waals surface area contributed by atoms with Gasteiger partial charge in [-0.1, -0.05) is 24.3 Å². The Morgan fingerprint density at radius 3 is 2.41 bits per heavy atom. The molecule has 0 aliphatic carbocycles. The molecule has 0 saturated carbocycles. The lowest BCUT2D eigenvalue weighted by molar-refractivity contribution is -0.146. The third-order valence-electron chi connectivity index (χ3n) is 5.28. The van der Waals surface area contributed by atoms with Crippen LogP contribution in [0.3, 0.4) is 0 Å². The Balaban J connectivity index is 1.34. The van der Waals surface area contributed by atoms with Crippen LogP contribution in [0.25, 0.3) is 10.9 Å². The number of hydrogen-bond acceptors (Lipinski definition) is 5. The number of likely N-dealkylation sites (tertiary alicyclic amines) is 1. The first-order chi connectivity index (χ1) is 13.1. The molecule has 3 amide bonds. The van der Waals surface area contributed by atoms with E-state index in [4.69, 9.17) is 0 Å². The van der Waals surface area contributed by atoms with Crippen LogP contribution < -0.4 is 0 Å². The lowest BCUT2D eigenvalue weighted by Gasteiger charge is -2.35. The lowest BCUT2D eigenvalue weighted by atomic mass is 10.1. The van der Waals surface area contributed by atoms with Crippen molar-refractivity contribution in [2.24, 2.45) is 0 Å². The molecule has 2 aromatic rings. The number of piperazine rings is 1. The third-order valence-corrected chi connectivity index (χ3v) is 5.28. The Hall–Kier alpha value is -2.80. The van der Waals surface area contributed by atoms with Crippen LogP contribution in [0.2, 0.25) is 0 Å². The van der Waals surface area contributed by atoms with Crippen LogP contribution in [0.1, 0.15) is 18.4 Å². The first-order valence-electron chi connectivity index (χ1n) is 9.28. The molecular formula is C20H22N4O3. The zero-order valence-electron chi connectivity index (χ0n) is 15.1. The minimum Gasteiger partial charge on any atom is -0.339 e. The van der Waals surface area contributed by atoms with Gasteiger partial charge in [0.05, 0.1) is 5.52 Å². The third kappa shape index (κ3) is 3.68. The van der Waals surface area contributed by atoms with Gasteiger partial charge in [0.1, 0.15) is 6.54 Å². The van der Waals surface area contributed by atoms with E-state index in [2.05, 4.69) is 28.1 Å². The van der Waals surface area contributed by atoms with Crippen LogP contribution in [-0.4, -0.2) is 70.1 Å². The second-order valence-corrected chi connectivity index (χ2v) is 7.02. The van der Waals surface area contributed by atoms with Crippen molar-refractivity contribution in [3.05, 3.63) is 42.1 Å². The van der Waals surface area contributed by atoms with Crippen LogP contribution in [0.15, 0.2) is 36.5 Å². The number of rotatable bonds is 4. The van der Waals surface area contributed by atoms with Gasteiger partial charge in [-0.15, -0.1) is 0 Å². The molecule has 0 atom stereocenters. The summed E-state index contributed by atoms with van der Waals surface area (Å²) in [5.74, 6) is -0.629. The smallest absolute Gasteiger partial charge is 0.242 e. The highest BCUT2D eigenvalue weighted by Gasteiger charge is 2.32. The first kappa shape index (κ1) is 17.6. The van der Waals surface area contributed by atoms with E-state index in [1.54, 1.807) is 4.90 Å². The predicted molar refractivity (Wildman–Crippen MR) is 99.6 cm³/mol. The van der Waals surface area contributed by atoms with Gasteiger partial charge in [0.2, 0.25) is 17.7 Å². The highest BCUT2D eigenvalue weighted by Crippen LogP contribution is 2.19. The van der Waals surface area contributed by atoms with E-state index in [1.165, 1.54) is 5.56 Å². The van der Waals surface area contributed by atoms with Gasteiger partial charge in [-0.2, -0.15) is 0 Å². The highest BCUT2D eigenvalue weighted by atomic mass is 16.2. The van der Waals surface area contributed by atoms with E-state index in [9.17, 15) is 14.4 Å². The fourth-order valence-electron chi connectivity index (χ4n) is 3.73. The van der Waals surface area contributed by atoms with Gasteiger partial charge < -0.3 is 4.90 Å². The summed E-state index contributed by atoms with van der Waals surface area (Å²) in [4.78, 5) is 45.5. The van der Waals surface area contributed by atoms with Crippen molar-refractivity contribution in [1.82, 2.24) is 19.7 Å². The van der Waals surface area contributed by atoms with Crippen LogP contribution in [0.4, 0.5) is 0 Å². The van der Waals surface area contributed by atoms with Crippen molar-refractivity contribution >= 4 is 28.6 Å². The standard InChI is InChI=1S/C20H22N4O3/c25-17-6-7-18(26)24(17)14-19(27)23-11-9-22(10-12-23)13-16-4-1-3-15-5-2-8-21-20(15)16/h1-5,8H,6-7,9-14H2. The molecule has 7 heteroatoms. The van der Waals surface area contributed by atoms with Gasteiger partial charge in [0, 0.05) is 57.1 Å². The van der Waals surface area contributed by atoms with Gasteiger partial charge in [0.15, 0.2) is 0 Å². The Kier molecular flexibility index (Phi) is 4.85. The SMILES string of the molecule is O=C(CN1C(=O)CCC1=O)N1CCN(Cc2cccc3cccnc23)CC1. The highest BCUT2D eigenvalue weighted by molar-refractivity contribution is 6.04. The molecule has 2 aliphatic heterocycles. The number of nitrogens with zero attached hydrogens (tertiary/aromatic N) is 4. The molecule has 140 valence electrons. The molecule has 0 radical (unpaired) electrons. The number of aromatic nitrogens is 1. The summed E-state index contributed by atoms with van der Waals surface area (Å²) in [6.45, 7) is 3.40. The number of imide groups is 1. The van der Waals surface area contributed by atoms with Gasteiger partial charge in [0.25, 0.3) is 0 Å². The van der Waals surface area contributed by atoms with E-state index in [-0.39, 0.29) is 37.1 Å². The Morgan fingerprint density at radius 2 is 1.67 bits per heavy atom. The number of amides is 3. The largest absolute Gasteiger partial charge is 0.339 e.